The van der Waals surface area contributed by atoms with Gasteiger partial charge < -0.3 is 5.32 Å². The summed E-state index contributed by atoms with van der Waals surface area (Å²) in [5.74, 6) is -0.645. The van der Waals surface area contributed by atoms with Crippen LogP contribution < -0.4 is 10.2 Å². The molecule has 0 spiro atoms. The number of rotatable bonds is 3. The average Bonchev–Trinajstić information content (AvgIpc) is 2.63. The summed E-state index contributed by atoms with van der Waals surface area (Å²) in [6.45, 7) is 1.88. The van der Waals surface area contributed by atoms with Crippen LogP contribution in [-0.4, -0.2) is 22.8 Å². The fourth-order valence-electron chi connectivity index (χ4n) is 1.98. The lowest BCUT2D eigenvalue weighted by atomic mass is 10.2. The molecule has 1 aromatic rings. The first-order valence-electron chi connectivity index (χ1n) is 6.04. The molecule has 1 atom stereocenters. The molecule has 1 heterocycles. The third kappa shape index (κ3) is 3.11. The number of halogens is 2. The van der Waals surface area contributed by atoms with E-state index in [1.54, 1.807) is 6.07 Å². The van der Waals surface area contributed by atoms with Crippen molar-refractivity contribution >= 4 is 57.9 Å². The van der Waals surface area contributed by atoms with Crippen LogP contribution in [0.5, 0.6) is 0 Å². The van der Waals surface area contributed by atoms with Crippen molar-refractivity contribution in [3.63, 3.8) is 0 Å². The molecule has 106 valence electrons. The molecule has 1 unspecified atom stereocenters. The van der Waals surface area contributed by atoms with Crippen LogP contribution in [-0.2, 0) is 9.59 Å². The first-order valence-corrected chi connectivity index (χ1v) is 7.21. The Hall–Kier alpha value is -1.17. The van der Waals surface area contributed by atoms with Crippen LogP contribution in [0.2, 0.25) is 10.0 Å². The smallest absolute Gasteiger partial charge is 0.256 e. The summed E-state index contributed by atoms with van der Waals surface area (Å²) in [6.07, 6.45) is 0.694. The molecule has 4 nitrogen and oxygen atoms in total. The number of amides is 2. The van der Waals surface area contributed by atoms with Gasteiger partial charge in [0.2, 0.25) is 5.91 Å². The minimum atomic E-state index is -0.618. The zero-order valence-corrected chi connectivity index (χ0v) is 13.0. The molecule has 1 aliphatic heterocycles. The highest BCUT2D eigenvalue weighted by molar-refractivity contribution is 7.80. The van der Waals surface area contributed by atoms with Crippen LogP contribution in [0, 0.1) is 0 Å². The van der Waals surface area contributed by atoms with E-state index in [4.69, 9.17) is 35.4 Å². The number of nitrogens with zero attached hydrogens (tertiary/aromatic N) is 1. The Labute approximate surface area is 132 Å². The Kier molecular flexibility index (Phi) is 4.62. The van der Waals surface area contributed by atoms with E-state index < -0.39 is 6.04 Å². The molecule has 1 aromatic carbocycles. The van der Waals surface area contributed by atoms with Gasteiger partial charge in [-0.05, 0) is 24.6 Å². The second kappa shape index (κ2) is 6.08. The third-order valence-electron chi connectivity index (χ3n) is 2.91. The van der Waals surface area contributed by atoms with Gasteiger partial charge in [0.1, 0.15) is 6.04 Å². The van der Waals surface area contributed by atoms with Gasteiger partial charge in [-0.15, -0.1) is 0 Å². The second-order valence-corrected chi connectivity index (χ2v) is 5.74. The molecule has 2 rings (SSSR count). The molecule has 0 aromatic heterocycles. The Morgan fingerprint density at radius 2 is 1.95 bits per heavy atom. The Morgan fingerprint density at radius 3 is 2.50 bits per heavy atom. The first kappa shape index (κ1) is 15.2. The predicted octanol–water partition coefficient (Wildman–Crippen LogP) is 2.95. The van der Waals surface area contributed by atoms with Crippen molar-refractivity contribution in [2.24, 2.45) is 0 Å². The lowest BCUT2D eigenvalue weighted by Gasteiger charge is -2.16. The molecule has 1 saturated heterocycles. The normalized spacial score (nSPS) is 18.6. The molecule has 0 radical (unpaired) electrons. The van der Waals surface area contributed by atoms with Crippen molar-refractivity contribution in [1.82, 2.24) is 5.32 Å². The van der Waals surface area contributed by atoms with Gasteiger partial charge in [-0.3, -0.25) is 9.59 Å². The van der Waals surface area contributed by atoms with Crippen LogP contribution in [0.3, 0.4) is 0 Å². The lowest BCUT2D eigenvalue weighted by molar-refractivity contribution is -0.121. The van der Waals surface area contributed by atoms with Gasteiger partial charge in [0.15, 0.2) is 0 Å². The van der Waals surface area contributed by atoms with E-state index >= 15 is 0 Å². The number of hydrogen-bond donors (Lipinski definition) is 1. The first-order chi connectivity index (χ1) is 9.42. The Morgan fingerprint density at radius 1 is 1.35 bits per heavy atom. The quantitative estimate of drug-likeness (QED) is 0.683. The fraction of sp³-hybridized carbons (Fsp3) is 0.308. The predicted molar refractivity (Wildman–Crippen MR) is 83.4 cm³/mol. The summed E-state index contributed by atoms with van der Waals surface area (Å²) in [7, 11) is 0. The topological polar surface area (TPSA) is 49.4 Å². The van der Waals surface area contributed by atoms with E-state index in [2.05, 4.69) is 5.32 Å². The fourth-order valence-corrected chi connectivity index (χ4v) is 2.64. The van der Waals surface area contributed by atoms with Gasteiger partial charge in [0, 0.05) is 10.0 Å². The maximum absolute atomic E-state index is 12.3. The van der Waals surface area contributed by atoms with Gasteiger partial charge in [0.25, 0.3) is 5.91 Å². The van der Waals surface area contributed by atoms with Gasteiger partial charge >= 0.3 is 0 Å². The van der Waals surface area contributed by atoms with Gasteiger partial charge in [-0.1, -0.05) is 42.3 Å². The van der Waals surface area contributed by atoms with E-state index in [0.29, 0.717) is 27.1 Å². The van der Waals surface area contributed by atoms with Crippen molar-refractivity contribution in [3.8, 4) is 0 Å². The molecule has 1 N–H and O–H groups in total. The number of anilines is 1. The molecule has 0 aliphatic carbocycles. The number of carbonyl (C=O) groups is 2. The van der Waals surface area contributed by atoms with Crippen molar-refractivity contribution < 1.29 is 9.59 Å². The van der Waals surface area contributed by atoms with E-state index in [-0.39, 0.29) is 18.2 Å². The van der Waals surface area contributed by atoms with E-state index in [0.717, 1.165) is 4.90 Å². The monoisotopic (exact) mass is 330 g/mol. The molecule has 0 bridgehead atoms. The van der Waals surface area contributed by atoms with E-state index in [1.807, 2.05) is 6.92 Å². The van der Waals surface area contributed by atoms with Crippen LogP contribution >= 0.6 is 35.4 Å². The summed E-state index contributed by atoms with van der Waals surface area (Å²) >= 11 is 16.8. The number of carbonyl (C=O) groups excluding carboxylic acids is 2. The Balaban J connectivity index is 2.26. The number of nitrogens with one attached hydrogen (secondary N) is 1. The van der Waals surface area contributed by atoms with Crippen molar-refractivity contribution in [2.45, 2.75) is 25.8 Å². The zero-order valence-electron chi connectivity index (χ0n) is 10.7. The number of thiocarbonyl (C=S) groups is 1. The van der Waals surface area contributed by atoms with Crippen LogP contribution in [0.15, 0.2) is 18.2 Å². The van der Waals surface area contributed by atoms with Crippen molar-refractivity contribution in [2.75, 3.05) is 4.90 Å². The zero-order chi connectivity index (χ0) is 14.9. The van der Waals surface area contributed by atoms with E-state index in [9.17, 15) is 9.59 Å². The number of hydrogen-bond acceptors (Lipinski definition) is 3. The summed E-state index contributed by atoms with van der Waals surface area (Å²) < 4.78 is 0. The molecule has 7 heteroatoms. The molecule has 2 amide bonds. The van der Waals surface area contributed by atoms with Crippen LogP contribution in [0.25, 0.3) is 0 Å². The van der Waals surface area contributed by atoms with E-state index in [1.165, 1.54) is 12.1 Å². The maximum Gasteiger partial charge on any atom is 0.256 e. The summed E-state index contributed by atoms with van der Waals surface area (Å²) in [5.41, 5.74) is 0.379. The molecular weight excluding hydrogens is 319 g/mol. The Bertz CT molecular complexity index is 571. The number of benzene rings is 1. The minimum Gasteiger partial charge on any atom is -0.368 e. The minimum absolute atomic E-state index is 0.0725. The maximum atomic E-state index is 12.3. The standard InChI is InChI=1S/C13H12Cl2N2O2S/c1-2-11(20)16-10-6-12(18)17(13(10)19)9-4-7(14)3-8(15)5-9/h3-5,10H,2,6H2,1H3,(H,16,20). The number of imide groups is 1. The largest absolute Gasteiger partial charge is 0.368 e. The highest BCUT2D eigenvalue weighted by atomic mass is 35.5. The van der Waals surface area contributed by atoms with Crippen LogP contribution in [0.4, 0.5) is 5.69 Å². The lowest BCUT2D eigenvalue weighted by Crippen LogP contribution is -2.41. The third-order valence-corrected chi connectivity index (χ3v) is 3.75. The van der Waals surface area contributed by atoms with Gasteiger partial charge in [0.05, 0.1) is 17.1 Å². The summed E-state index contributed by atoms with van der Waals surface area (Å²) in [5, 5.41) is 3.63. The van der Waals surface area contributed by atoms with Crippen molar-refractivity contribution in [3.05, 3.63) is 28.2 Å². The highest BCUT2D eigenvalue weighted by Crippen LogP contribution is 2.29. The second-order valence-electron chi connectivity index (χ2n) is 4.37. The van der Waals surface area contributed by atoms with Gasteiger partial charge in [-0.25, -0.2) is 4.90 Å². The molecular formula is C13H12Cl2N2O2S. The van der Waals surface area contributed by atoms with Crippen molar-refractivity contribution in [1.29, 1.82) is 0 Å². The molecule has 1 fully saturated rings. The highest BCUT2D eigenvalue weighted by Gasteiger charge is 2.39. The molecule has 1 aliphatic rings. The average molecular weight is 331 g/mol. The summed E-state index contributed by atoms with van der Waals surface area (Å²) in [4.78, 5) is 26.0. The summed E-state index contributed by atoms with van der Waals surface area (Å²) in [6, 6.07) is 3.99. The molecule has 0 saturated carbocycles. The SMILES string of the molecule is CCC(=S)NC1CC(=O)N(c2cc(Cl)cc(Cl)c2)C1=O. The van der Waals surface area contributed by atoms with Gasteiger partial charge in [-0.2, -0.15) is 0 Å². The molecule has 20 heavy (non-hydrogen) atoms. The van der Waals surface area contributed by atoms with Crippen LogP contribution in [0.1, 0.15) is 19.8 Å².